The van der Waals surface area contributed by atoms with E-state index in [0.717, 1.165) is 16.5 Å². The summed E-state index contributed by atoms with van der Waals surface area (Å²) in [4.78, 5) is 0. The molecule has 0 bridgehead atoms. The van der Waals surface area contributed by atoms with E-state index in [1.165, 1.54) is 39.0 Å². The lowest BCUT2D eigenvalue weighted by Crippen LogP contribution is -2.13. The largest absolute Gasteiger partial charge is 0.0843 e. The van der Waals surface area contributed by atoms with Crippen molar-refractivity contribution >= 4 is 29.3 Å². The maximum absolute atomic E-state index is 6.39. The maximum atomic E-state index is 6.39. The molecule has 0 aliphatic heterocycles. The summed E-state index contributed by atoms with van der Waals surface area (Å²) in [5.74, 6) is 1.27. The molecule has 0 aromatic heterocycles. The first-order chi connectivity index (χ1) is 13.5. The summed E-state index contributed by atoms with van der Waals surface area (Å²) in [5, 5.41) is 1.61. The predicted octanol–water partition coefficient (Wildman–Crippen LogP) is 8.33. The molecule has 3 aromatic rings. The van der Waals surface area contributed by atoms with Gasteiger partial charge in [-0.25, -0.2) is 0 Å². The number of hydrogen-bond acceptors (Lipinski definition) is 0. The Bertz CT molecular complexity index is 1060. The van der Waals surface area contributed by atoms with Gasteiger partial charge in [-0.3, -0.25) is 0 Å². The molecule has 0 amide bonds. The third-order valence-electron chi connectivity index (χ3n) is 6.47. The number of allylic oxidation sites excluding steroid dienone is 1. The van der Waals surface area contributed by atoms with Crippen LogP contribution in [-0.4, -0.2) is 0 Å². The quantitative estimate of drug-likeness (QED) is 0.411. The summed E-state index contributed by atoms with van der Waals surface area (Å²) in [6.45, 7) is 4.64. The summed E-state index contributed by atoms with van der Waals surface area (Å²) in [5.41, 5.74) is 9.57. The Hall–Kier alpha value is -2.02. The number of fused-ring (bicyclic) bond motifs is 4. The second kappa shape index (κ2) is 6.79. The zero-order chi connectivity index (χ0) is 19.4. The SMILES string of the molecule is CC1=Cc2ccccc2C1CC(C)C1c2cc(Cl)ccc2-c2ccc(Cl)cc21. The van der Waals surface area contributed by atoms with Gasteiger partial charge in [0.05, 0.1) is 0 Å². The highest BCUT2D eigenvalue weighted by molar-refractivity contribution is 6.31. The molecule has 0 saturated heterocycles. The van der Waals surface area contributed by atoms with Gasteiger partial charge in [0, 0.05) is 21.9 Å². The van der Waals surface area contributed by atoms with Crippen LogP contribution in [0.2, 0.25) is 10.0 Å². The second-order valence-electron chi connectivity index (χ2n) is 8.22. The van der Waals surface area contributed by atoms with Crippen molar-refractivity contribution in [3.63, 3.8) is 0 Å². The first-order valence-electron chi connectivity index (χ1n) is 9.89. The van der Waals surface area contributed by atoms with E-state index in [9.17, 15) is 0 Å². The zero-order valence-electron chi connectivity index (χ0n) is 16.0. The number of halogens is 2. The van der Waals surface area contributed by atoms with Gasteiger partial charge in [0.2, 0.25) is 0 Å². The van der Waals surface area contributed by atoms with Crippen molar-refractivity contribution in [2.24, 2.45) is 5.92 Å². The monoisotopic (exact) mass is 404 g/mol. The number of rotatable bonds is 3. The van der Waals surface area contributed by atoms with Gasteiger partial charge in [0.15, 0.2) is 0 Å². The maximum Gasteiger partial charge on any atom is 0.0409 e. The molecule has 28 heavy (non-hydrogen) atoms. The lowest BCUT2D eigenvalue weighted by atomic mass is 9.78. The Morgan fingerprint density at radius 1 is 0.821 bits per heavy atom. The first kappa shape index (κ1) is 18.0. The topological polar surface area (TPSA) is 0 Å². The van der Waals surface area contributed by atoms with Crippen molar-refractivity contribution in [3.8, 4) is 11.1 Å². The van der Waals surface area contributed by atoms with E-state index in [1.54, 1.807) is 0 Å². The minimum Gasteiger partial charge on any atom is -0.0843 e. The van der Waals surface area contributed by atoms with Crippen molar-refractivity contribution in [2.45, 2.75) is 32.1 Å². The summed E-state index contributed by atoms with van der Waals surface area (Å²) >= 11 is 12.8. The molecule has 140 valence electrons. The fraction of sp³-hybridized carbons (Fsp3) is 0.231. The highest BCUT2D eigenvalue weighted by Crippen LogP contribution is 2.52. The van der Waals surface area contributed by atoms with Gasteiger partial charge < -0.3 is 0 Å². The number of benzene rings is 3. The summed E-state index contributed by atoms with van der Waals surface area (Å²) in [6.07, 6.45) is 3.46. The molecular weight excluding hydrogens is 383 g/mol. The molecule has 2 heteroatoms. The van der Waals surface area contributed by atoms with E-state index in [-0.39, 0.29) is 0 Å². The average molecular weight is 405 g/mol. The molecule has 0 heterocycles. The Morgan fingerprint density at radius 2 is 1.43 bits per heavy atom. The van der Waals surface area contributed by atoms with E-state index < -0.39 is 0 Å². The molecule has 0 radical (unpaired) electrons. The normalized spacial score (nSPS) is 18.4. The van der Waals surface area contributed by atoms with Crippen molar-refractivity contribution in [2.75, 3.05) is 0 Å². The van der Waals surface area contributed by atoms with Crippen LogP contribution < -0.4 is 0 Å². The third kappa shape index (κ3) is 2.82. The van der Waals surface area contributed by atoms with Crippen LogP contribution in [0.15, 0.2) is 66.2 Å². The minimum atomic E-state index is 0.322. The summed E-state index contributed by atoms with van der Waals surface area (Å²) in [6, 6.07) is 21.4. The van der Waals surface area contributed by atoms with Crippen molar-refractivity contribution in [1.29, 1.82) is 0 Å². The van der Waals surface area contributed by atoms with Gasteiger partial charge in [-0.05, 0) is 76.9 Å². The predicted molar refractivity (Wildman–Crippen MR) is 120 cm³/mol. The van der Waals surface area contributed by atoms with Gasteiger partial charge in [-0.15, -0.1) is 0 Å². The molecule has 0 spiro atoms. The van der Waals surface area contributed by atoms with Gasteiger partial charge in [0.1, 0.15) is 0 Å². The van der Waals surface area contributed by atoms with E-state index in [0.29, 0.717) is 17.8 Å². The Labute approximate surface area is 176 Å². The molecule has 3 aromatic carbocycles. The first-order valence-corrected chi connectivity index (χ1v) is 10.6. The molecule has 2 aliphatic carbocycles. The fourth-order valence-electron chi connectivity index (χ4n) is 5.22. The minimum absolute atomic E-state index is 0.322. The zero-order valence-corrected chi connectivity index (χ0v) is 17.6. The average Bonchev–Trinajstić information content (AvgIpc) is 3.15. The Morgan fingerprint density at radius 3 is 2.07 bits per heavy atom. The lowest BCUT2D eigenvalue weighted by Gasteiger charge is -2.26. The number of hydrogen-bond donors (Lipinski definition) is 0. The molecule has 2 unspecified atom stereocenters. The van der Waals surface area contributed by atoms with Crippen LogP contribution in [-0.2, 0) is 0 Å². The van der Waals surface area contributed by atoms with E-state index >= 15 is 0 Å². The van der Waals surface area contributed by atoms with Crippen molar-refractivity contribution in [3.05, 3.63) is 98.5 Å². The molecule has 0 saturated carbocycles. The summed E-state index contributed by atoms with van der Waals surface area (Å²) < 4.78 is 0. The molecule has 2 aliphatic rings. The van der Waals surface area contributed by atoms with Crippen LogP contribution >= 0.6 is 23.2 Å². The van der Waals surface area contributed by atoms with E-state index in [2.05, 4.69) is 68.5 Å². The third-order valence-corrected chi connectivity index (χ3v) is 6.94. The van der Waals surface area contributed by atoms with Gasteiger partial charge in [0.25, 0.3) is 0 Å². The second-order valence-corrected chi connectivity index (χ2v) is 9.10. The van der Waals surface area contributed by atoms with Gasteiger partial charge in [-0.2, -0.15) is 0 Å². The van der Waals surface area contributed by atoms with Crippen LogP contribution in [0.4, 0.5) is 0 Å². The smallest absolute Gasteiger partial charge is 0.0409 e. The molecule has 0 nitrogen and oxygen atoms in total. The van der Waals surface area contributed by atoms with Crippen LogP contribution in [0.25, 0.3) is 17.2 Å². The van der Waals surface area contributed by atoms with Gasteiger partial charge >= 0.3 is 0 Å². The molecule has 0 fully saturated rings. The van der Waals surface area contributed by atoms with Crippen molar-refractivity contribution in [1.82, 2.24) is 0 Å². The highest BCUT2D eigenvalue weighted by Gasteiger charge is 2.35. The molecular formula is C26H22Cl2. The highest BCUT2D eigenvalue weighted by atomic mass is 35.5. The van der Waals surface area contributed by atoms with E-state index in [4.69, 9.17) is 23.2 Å². The van der Waals surface area contributed by atoms with Crippen LogP contribution in [0.5, 0.6) is 0 Å². The Balaban J connectivity index is 1.55. The Kier molecular flexibility index (Phi) is 4.38. The molecule has 2 atom stereocenters. The fourth-order valence-corrected chi connectivity index (χ4v) is 5.59. The lowest BCUT2D eigenvalue weighted by molar-refractivity contribution is 0.453. The van der Waals surface area contributed by atoms with Gasteiger partial charge in [-0.1, -0.05) is 78.2 Å². The standard InChI is InChI=1S/C26H22Cl2/c1-15-11-17-5-3-4-6-20(17)23(15)12-16(2)26-24-13-18(27)7-9-21(24)22-10-8-19(28)14-25(22)26/h3-11,13-14,16,23,26H,12H2,1-2H3. The van der Waals surface area contributed by atoms with E-state index in [1.807, 2.05) is 12.1 Å². The van der Waals surface area contributed by atoms with Crippen LogP contribution in [0.3, 0.4) is 0 Å². The molecule has 0 N–H and O–H groups in total. The van der Waals surface area contributed by atoms with Crippen LogP contribution in [0.1, 0.15) is 54.4 Å². The molecule has 5 rings (SSSR count). The summed E-state index contributed by atoms with van der Waals surface area (Å²) in [7, 11) is 0. The van der Waals surface area contributed by atoms with Crippen LogP contribution in [0, 0.1) is 5.92 Å². The van der Waals surface area contributed by atoms with Crippen molar-refractivity contribution < 1.29 is 0 Å².